The van der Waals surface area contributed by atoms with Gasteiger partial charge in [0.1, 0.15) is 0 Å². The Bertz CT molecular complexity index is 1170. The highest BCUT2D eigenvalue weighted by atomic mass is 32.2. The molecule has 2 aliphatic rings. The molecule has 0 spiro atoms. The third-order valence-electron chi connectivity index (χ3n) is 7.07. The minimum absolute atomic E-state index is 0.0127. The van der Waals surface area contributed by atoms with E-state index in [1.54, 1.807) is 11.1 Å². The number of hydrogen-bond donors (Lipinski definition) is 1. The van der Waals surface area contributed by atoms with Gasteiger partial charge in [-0.1, -0.05) is 49.1 Å². The van der Waals surface area contributed by atoms with Crippen molar-refractivity contribution in [2.24, 2.45) is 0 Å². The first-order valence-electron chi connectivity index (χ1n) is 13.5. The molecule has 9 heteroatoms. The summed E-state index contributed by atoms with van der Waals surface area (Å²) in [7, 11) is -3.69. The molecule has 1 aromatic heterocycles. The molecule has 1 saturated carbocycles. The number of imidazole rings is 1. The van der Waals surface area contributed by atoms with Gasteiger partial charge in [-0.3, -0.25) is 0 Å². The second-order valence-corrected chi connectivity index (χ2v) is 13.5. The van der Waals surface area contributed by atoms with Crippen molar-refractivity contribution >= 4 is 15.9 Å². The van der Waals surface area contributed by atoms with Crippen LogP contribution in [0.5, 0.6) is 0 Å². The number of carbonyl (C=O) groups is 1. The predicted octanol–water partition coefficient (Wildman–Crippen LogP) is 5.16. The van der Waals surface area contributed by atoms with E-state index < -0.39 is 15.4 Å². The van der Waals surface area contributed by atoms with Crippen molar-refractivity contribution in [3.63, 3.8) is 0 Å². The molecule has 2 aromatic rings. The average Bonchev–Trinajstić information content (AvgIpc) is 3.48. The van der Waals surface area contributed by atoms with Gasteiger partial charge in [0.25, 0.3) is 0 Å². The summed E-state index contributed by atoms with van der Waals surface area (Å²) in [5.74, 6) is -0.0952. The van der Waals surface area contributed by atoms with Gasteiger partial charge in [-0.15, -0.1) is 0 Å². The van der Waals surface area contributed by atoms with Crippen LogP contribution in [0.4, 0.5) is 4.79 Å². The van der Waals surface area contributed by atoms with Crippen LogP contribution in [0.3, 0.4) is 0 Å². The second-order valence-electron chi connectivity index (χ2n) is 11.6. The van der Waals surface area contributed by atoms with Gasteiger partial charge in [0.2, 0.25) is 15.0 Å². The van der Waals surface area contributed by atoms with Crippen LogP contribution in [0.1, 0.15) is 88.6 Å². The van der Waals surface area contributed by atoms with Crippen LogP contribution in [0.2, 0.25) is 0 Å². The molecule has 2 fully saturated rings. The fraction of sp³-hybridized carbons (Fsp3) is 0.643. The minimum Gasteiger partial charge on any atom is -0.376 e. The minimum atomic E-state index is -3.69. The summed E-state index contributed by atoms with van der Waals surface area (Å²) < 4.78 is 35.1. The zero-order chi connectivity index (χ0) is 26.6. The molecule has 0 bridgehead atoms. The molecule has 0 unspecified atom stereocenters. The molecule has 1 aliphatic heterocycles. The van der Waals surface area contributed by atoms with E-state index in [9.17, 15) is 13.2 Å². The van der Waals surface area contributed by atoms with E-state index in [0.717, 1.165) is 61.8 Å². The van der Waals surface area contributed by atoms with Crippen LogP contribution in [0.15, 0.2) is 35.6 Å². The standard InChI is InChI=1S/C28H42N4O4S/c1-21-10-8-11-22(16-21)20-37(34,35)27-29-17-24(32(27)23-12-6-5-7-13-23)18-31(19-25-14-9-15-36-25)26(33)30-28(2,3)4/h8,10-11,16-17,23,25H,5-7,9,12-15,18-20H2,1-4H3,(H,30,33)/t25-/m0/s1. The Morgan fingerprint density at radius 1 is 1.16 bits per heavy atom. The molecule has 1 N–H and O–H groups in total. The van der Waals surface area contributed by atoms with Gasteiger partial charge >= 0.3 is 6.03 Å². The van der Waals surface area contributed by atoms with Gasteiger partial charge in [-0.05, 0) is 58.9 Å². The van der Waals surface area contributed by atoms with E-state index in [-0.39, 0.29) is 35.6 Å². The maximum atomic E-state index is 13.7. The van der Waals surface area contributed by atoms with Gasteiger partial charge in [0.05, 0.1) is 30.3 Å². The maximum absolute atomic E-state index is 13.7. The normalized spacial score (nSPS) is 19.2. The zero-order valence-corrected chi connectivity index (χ0v) is 23.5. The number of benzene rings is 1. The molecule has 37 heavy (non-hydrogen) atoms. The number of carbonyl (C=O) groups excluding carboxylic acids is 1. The van der Waals surface area contributed by atoms with Gasteiger partial charge in [0, 0.05) is 24.7 Å². The lowest BCUT2D eigenvalue weighted by atomic mass is 9.95. The van der Waals surface area contributed by atoms with E-state index in [0.29, 0.717) is 13.2 Å². The van der Waals surface area contributed by atoms with Crippen molar-refractivity contribution in [3.05, 3.63) is 47.3 Å². The van der Waals surface area contributed by atoms with E-state index in [1.165, 1.54) is 0 Å². The predicted molar refractivity (Wildman–Crippen MR) is 144 cm³/mol. The molecule has 2 heterocycles. The van der Waals surface area contributed by atoms with Crippen molar-refractivity contribution in [1.29, 1.82) is 0 Å². The molecule has 204 valence electrons. The number of amides is 2. The van der Waals surface area contributed by atoms with Crippen LogP contribution < -0.4 is 5.32 Å². The number of aromatic nitrogens is 2. The Morgan fingerprint density at radius 2 is 1.92 bits per heavy atom. The molecular formula is C28H42N4O4S. The van der Waals surface area contributed by atoms with Crippen molar-refractivity contribution in [1.82, 2.24) is 19.8 Å². The number of ether oxygens (including phenoxy) is 1. The number of hydrogen-bond acceptors (Lipinski definition) is 5. The monoisotopic (exact) mass is 530 g/mol. The van der Waals surface area contributed by atoms with Crippen LogP contribution in [-0.2, 0) is 26.9 Å². The maximum Gasteiger partial charge on any atom is 0.318 e. The first-order chi connectivity index (χ1) is 17.5. The first kappa shape index (κ1) is 27.6. The van der Waals surface area contributed by atoms with E-state index in [1.807, 2.05) is 56.5 Å². The Hall–Kier alpha value is -2.39. The van der Waals surface area contributed by atoms with Crippen molar-refractivity contribution in [2.45, 2.75) is 108 Å². The third kappa shape index (κ3) is 7.35. The summed E-state index contributed by atoms with van der Waals surface area (Å²) in [6, 6.07) is 7.48. The molecule has 1 aliphatic carbocycles. The van der Waals surface area contributed by atoms with Gasteiger partial charge in [-0.25, -0.2) is 18.2 Å². The van der Waals surface area contributed by atoms with Crippen LogP contribution in [0.25, 0.3) is 0 Å². The summed E-state index contributed by atoms with van der Waals surface area (Å²) in [6.07, 6.45) is 8.65. The summed E-state index contributed by atoms with van der Waals surface area (Å²) in [5, 5.41) is 3.19. The summed E-state index contributed by atoms with van der Waals surface area (Å²) in [6.45, 7) is 9.28. The van der Waals surface area contributed by atoms with Crippen LogP contribution in [0, 0.1) is 6.92 Å². The number of urea groups is 1. The SMILES string of the molecule is Cc1cccc(CS(=O)(=O)c2ncc(CN(C[C@@H]3CCCO3)C(=O)NC(C)(C)C)n2C2CCCCC2)c1. The highest BCUT2D eigenvalue weighted by Crippen LogP contribution is 2.33. The number of nitrogens with zero attached hydrogens (tertiary/aromatic N) is 3. The molecule has 1 saturated heterocycles. The molecule has 0 radical (unpaired) electrons. The molecular weight excluding hydrogens is 488 g/mol. The third-order valence-corrected chi connectivity index (χ3v) is 8.64. The zero-order valence-electron chi connectivity index (χ0n) is 22.7. The lowest BCUT2D eigenvalue weighted by molar-refractivity contribution is 0.0772. The molecule has 1 atom stereocenters. The second kappa shape index (κ2) is 11.6. The Balaban J connectivity index is 1.67. The van der Waals surface area contributed by atoms with E-state index in [2.05, 4.69) is 10.3 Å². The number of aryl methyl sites for hydroxylation is 1. The number of rotatable bonds is 8. The summed E-state index contributed by atoms with van der Waals surface area (Å²) in [5.41, 5.74) is 2.15. The molecule has 4 rings (SSSR count). The quantitative estimate of drug-likeness (QED) is 0.509. The van der Waals surface area contributed by atoms with Crippen LogP contribution >= 0.6 is 0 Å². The fourth-order valence-corrected chi connectivity index (χ4v) is 6.92. The fourth-order valence-electron chi connectivity index (χ4n) is 5.39. The van der Waals surface area contributed by atoms with E-state index >= 15 is 0 Å². The van der Waals surface area contributed by atoms with Gasteiger partial charge in [-0.2, -0.15) is 0 Å². The number of sulfone groups is 1. The Morgan fingerprint density at radius 3 is 2.57 bits per heavy atom. The van der Waals surface area contributed by atoms with Crippen molar-refractivity contribution in [3.8, 4) is 0 Å². The van der Waals surface area contributed by atoms with Gasteiger partial charge in [0.15, 0.2) is 0 Å². The number of nitrogens with one attached hydrogen (secondary N) is 1. The molecule has 1 aromatic carbocycles. The molecule has 2 amide bonds. The van der Waals surface area contributed by atoms with Gasteiger partial charge < -0.3 is 19.5 Å². The summed E-state index contributed by atoms with van der Waals surface area (Å²) in [4.78, 5) is 19.6. The average molecular weight is 531 g/mol. The van der Waals surface area contributed by atoms with Crippen molar-refractivity contribution in [2.75, 3.05) is 13.2 Å². The lowest BCUT2D eigenvalue weighted by Gasteiger charge is -2.32. The molecule has 8 nitrogen and oxygen atoms in total. The Kier molecular flexibility index (Phi) is 8.63. The highest BCUT2D eigenvalue weighted by Gasteiger charge is 2.32. The van der Waals surface area contributed by atoms with Crippen LogP contribution in [-0.4, -0.2) is 53.7 Å². The smallest absolute Gasteiger partial charge is 0.318 e. The largest absolute Gasteiger partial charge is 0.376 e. The lowest BCUT2D eigenvalue weighted by Crippen LogP contribution is -2.50. The topological polar surface area (TPSA) is 93.5 Å². The summed E-state index contributed by atoms with van der Waals surface area (Å²) >= 11 is 0. The van der Waals surface area contributed by atoms with Crippen molar-refractivity contribution < 1.29 is 17.9 Å². The Labute approximate surface area is 221 Å². The van der Waals surface area contributed by atoms with E-state index in [4.69, 9.17) is 4.74 Å². The first-order valence-corrected chi connectivity index (χ1v) is 15.2. The highest BCUT2D eigenvalue weighted by molar-refractivity contribution is 7.90.